The Morgan fingerprint density at radius 3 is 2.67 bits per heavy atom. The van der Waals surface area contributed by atoms with E-state index in [9.17, 15) is 4.79 Å². The summed E-state index contributed by atoms with van der Waals surface area (Å²) in [4.78, 5) is 17.0. The van der Waals surface area contributed by atoms with Crippen LogP contribution in [0.1, 0.15) is 24.2 Å². The van der Waals surface area contributed by atoms with Crippen molar-refractivity contribution in [1.82, 2.24) is 9.80 Å². The first-order valence-corrected chi connectivity index (χ1v) is 7.61. The zero-order valence-electron chi connectivity index (χ0n) is 13.4. The quantitative estimate of drug-likeness (QED) is 0.870. The summed E-state index contributed by atoms with van der Waals surface area (Å²) in [5.41, 5.74) is 2.71. The van der Waals surface area contributed by atoms with Crippen LogP contribution in [-0.2, 0) is 0 Å². The fourth-order valence-electron chi connectivity index (χ4n) is 2.89. The highest BCUT2D eigenvalue weighted by Gasteiger charge is 2.24. The van der Waals surface area contributed by atoms with Gasteiger partial charge in [0.25, 0.3) is 5.91 Å². The van der Waals surface area contributed by atoms with Crippen LogP contribution in [0.5, 0.6) is 0 Å². The Morgan fingerprint density at radius 1 is 1.29 bits per heavy atom. The predicted octanol–water partition coefficient (Wildman–Crippen LogP) is 1.94. The zero-order chi connectivity index (χ0) is 15.4. The molecule has 1 aromatic carbocycles. The Bertz CT molecular complexity index is 501. The molecule has 0 saturated heterocycles. The van der Waals surface area contributed by atoms with Gasteiger partial charge < -0.3 is 20.4 Å². The molecule has 0 saturated carbocycles. The number of likely N-dealkylation sites (N-methyl/N-ethyl adjacent to an activating group) is 2. The molecule has 0 aromatic heterocycles. The molecule has 2 rings (SSSR count). The minimum atomic E-state index is 0.0971. The standard InChI is InChI=1S/C16H26N4O/c1-5-20(12(2)11-19(3)4)16(21)13-7-6-8-14-15(13)18-10-9-17-14/h6-8,12,17-18H,5,9-11H2,1-4H3. The summed E-state index contributed by atoms with van der Waals surface area (Å²) in [7, 11) is 4.06. The maximum atomic E-state index is 12.9. The van der Waals surface area contributed by atoms with Crippen molar-refractivity contribution >= 4 is 17.3 Å². The van der Waals surface area contributed by atoms with Gasteiger partial charge in [-0.2, -0.15) is 0 Å². The summed E-state index contributed by atoms with van der Waals surface area (Å²) in [5.74, 6) is 0.0971. The van der Waals surface area contributed by atoms with E-state index in [2.05, 4.69) is 22.5 Å². The monoisotopic (exact) mass is 290 g/mol. The summed E-state index contributed by atoms with van der Waals surface area (Å²) in [6.07, 6.45) is 0. The van der Waals surface area contributed by atoms with Crippen LogP contribution in [0.3, 0.4) is 0 Å². The molecule has 2 N–H and O–H groups in total. The number of nitrogens with one attached hydrogen (secondary N) is 2. The lowest BCUT2D eigenvalue weighted by molar-refractivity contribution is 0.0680. The topological polar surface area (TPSA) is 47.6 Å². The van der Waals surface area contributed by atoms with Crippen molar-refractivity contribution in [1.29, 1.82) is 0 Å². The Labute approximate surface area is 127 Å². The number of para-hydroxylation sites is 1. The number of hydrogen-bond donors (Lipinski definition) is 2. The number of anilines is 2. The third kappa shape index (κ3) is 3.47. The van der Waals surface area contributed by atoms with Crippen LogP contribution in [0.15, 0.2) is 18.2 Å². The molecule has 5 heteroatoms. The molecule has 0 spiro atoms. The van der Waals surface area contributed by atoms with Crippen LogP contribution in [0.4, 0.5) is 11.4 Å². The van der Waals surface area contributed by atoms with E-state index in [4.69, 9.17) is 0 Å². The van der Waals surface area contributed by atoms with Crippen LogP contribution < -0.4 is 10.6 Å². The Kier molecular flexibility index (Phi) is 5.07. The highest BCUT2D eigenvalue weighted by molar-refractivity contribution is 6.03. The predicted molar refractivity (Wildman–Crippen MR) is 88.1 cm³/mol. The van der Waals surface area contributed by atoms with Crippen molar-refractivity contribution in [2.45, 2.75) is 19.9 Å². The van der Waals surface area contributed by atoms with Gasteiger partial charge in [-0.15, -0.1) is 0 Å². The fraction of sp³-hybridized carbons (Fsp3) is 0.562. The second-order valence-corrected chi connectivity index (χ2v) is 5.78. The smallest absolute Gasteiger partial charge is 0.256 e. The molecule has 0 radical (unpaired) electrons. The minimum absolute atomic E-state index is 0.0971. The molecule has 1 heterocycles. The first kappa shape index (κ1) is 15.6. The summed E-state index contributed by atoms with van der Waals surface area (Å²) < 4.78 is 0. The average molecular weight is 290 g/mol. The van der Waals surface area contributed by atoms with Gasteiger partial charge >= 0.3 is 0 Å². The summed E-state index contributed by atoms with van der Waals surface area (Å²) in [5, 5.41) is 6.69. The maximum Gasteiger partial charge on any atom is 0.256 e. The van der Waals surface area contributed by atoms with E-state index in [0.717, 1.165) is 36.6 Å². The van der Waals surface area contributed by atoms with Crippen LogP contribution in [0, 0.1) is 0 Å². The van der Waals surface area contributed by atoms with E-state index in [0.29, 0.717) is 6.54 Å². The molecule has 1 aliphatic rings. The second-order valence-electron chi connectivity index (χ2n) is 5.78. The van der Waals surface area contributed by atoms with Crippen LogP contribution >= 0.6 is 0 Å². The Balaban J connectivity index is 2.25. The van der Waals surface area contributed by atoms with Crippen LogP contribution in [-0.4, -0.2) is 62.0 Å². The SMILES string of the molecule is CCN(C(=O)c1cccc2c1NCCN2)C(C)CN(C)C. The van der Waals surface area contributed by atoms with Crippen LogP contribution in [0.25, 0.3) is 0 Å². The molecule has 116 valence electrons. The molecule has 21 heavy (non-hydrogen) atoms. The van der Waals surface area contributed by atoms with Crippen LogP contribution in [0.2, 0.25) is 0 Å². The number of amides is 1. The molecule has 0 aliphatic carbocycles. The number of rotatable bonds is 5. The lowest BCUT2D eigenvalue weighted by Gasteiger charge is -2.31. The van der Waals surface area contributed by atoms with E-state index in [1.54, 1.807) is 0 Å². The molecule has 5 nitrogen and oxygen atoms in total. The van der Waals surface area contributed by atoms with Gasteiger partial charge in [-0.05, 0) is 40.1 Å². The Hall–Kier alpha value is -1.75. The van der Waals surface area contributed by atoms with Gasteiger partial charge in [0.1, 0.15) is 0 Å². The lowest BCUT2D eigenvalue weighted by Crippen LogP contribution is -2.44. The largest absolute Gasteiger partial charge is 0.382 e. The molecular formula is C16H26N4O. The third-order valence-electron chi connectivity index (χ3n) is 3.80. The summed E-state index contributed by atoms with van der Waals surface area (Å²) in [6.45, 7) is 7.44. The van der Waals surface area contributed by atoms with Crippen molar-refractivity contribution < 1.29 is 4.79 Å². The highest BCUT2D eigenvalue weighted by atomic mass is 16.2. The normalized spacial score (nSPS) is 14.9. The molecular weight excluding hydrogens is 264 g/mol. The van der Waals surface area contributed by atoms with Crippen molar-refractivity contribution in [3.8, 4) is 0 Å². The van der Waals surface area contributed by atoms with Gasteiger partial charge in [0.2, 0.25) is 0 Å². The molecule has 1 unspecified atom stereocenters. The Morgan fingerprint density at radius 2 is 2.00 bits per heavy atom. The molecule has 0 fully saturated rings. The lowest BCUT2D eigenvalue weighted by atomic mass is 10.1. The minimum Gasteiger partial charge on any atom is -0.382 e. The van der Waals surface area contributed by atoms with Crippen molar-refractivity contribution in [2.24, 2.45) is 0 Å². The first-order valence-electron chi connectivity index (χ1n) is 7.61. The number of benzene rings is 1. The van der Waals surface area contributed by atoms with E-state index >= 15 is 0 Å². The number of nitrogens with zero attached hydrogens (tertiary/aromatic N) is 2. The number of carbonyl (C=O) groups excluding carboxylic acids is 1. The summed E-state index contributed by atoms with van der Waals surface area (Å²) in [6, 6.07) is 6.05. The third-order valence-corrected chi connectivity index (χ3v) is 3.80. The first-order chi connectivity index (χ1) is 10.0. The van der Waals surface area contributed by atoms with Gasteiger partial charge in [0, 0.05) is 32.2 Å². The highest BCUT2D eigenvalue weighted by Crippen LogP contribution is 2.29. The van der Waals surface area contributed by atoms with E-state index < -0.39 is 0 Å². The van der Waals surface area contributed by atoms with Gasteiger partial charge in [0.05, 0.1) is 16.9 Å². The number of hydrogen-bond acceptors (Lipinski definition) is 4. The summed E-state index contributed by atoms with van der Waals surface area (Å²) >= 11 is 0. The van der Waals surface area contributed by atoms with Gasteiger partial charge in [-0.3, -0.25) is 4.79 Å². The average Bonchev–Trinajstić information content (AvgIpc) is 2.46. The maximum absolute atomic E-state index is 12.9. The molecule has 1 atom stereocenters. The fourth-order valence-corrected chi connectivity index (χ4v) is 2.89. The van der Waals surface area contributed by atoms with Crippen molar-refractivity contribution in [3.05, 3.63) is 23.8 Å². The van der Waals surface area contributed by atoms with Gasteiger partial charge in [-0.1, -0.05) is 6.07 Å². The molecule has 1 amide bonds. The van der Waals surface area contributed by atoms with E-state index in [1.807, 2.05) is 44.1 Å². The van der Waals surface area contributed by atoms with Crippen molar-refractivity contribution in [3.63, 3.8) is 0 Å². The van der Waals surface area contributed by atoms with Gasteiger partial charge in [-0.25, -0.2) is 0 Å². The van der Waals surface area contributed by atoms with E-state index in [1.165, 1.54) is 0 Å². The molecule has 1 aromatic rings. The number of fused-ring (bicyclic) bond motifs is 1. The van der Waals surface area contributed by atoms with E-state index in [-0.39, 0.29) is 11.9 Å². The second kappa shape index (κ2) is 6.80. The molecule has 1 aliphatic heterocycles. The number of carbonyl (C=O) groups is 1. The zero-order valence-corrected chi connectivity index (χ0v) is 13.4. The van der Waals surface area contributed by atoms with Crippen molar-refractivity contribution in [2.75, 3.05) is 50.9 Å². The van der Waals surface area contributed by atoms with Gasteiger partial charge in [0.15, 0.2) is 0 Å². The molecule has 0 bridgehead atoms.